The van der Waals surface area contributed by atoms with E-state index < -0.39 is 10.0 Å². The highest BCUT2D eigenvalue weighted by atomic mass is 32.2. The van der Waals surface area contributed by atoms with E-state index in [0.717, 1.165) is 54.2 Å². The Morgan fingerprint density at radius 2 is 1.91 bits per heavy atom. The minimum Gasteiger partial charge on any atom is -0.327 e. The molecule has 2 aromatic heterocycles. The van der Waals surface area contributed by atoms with Gasteiger partial charge in [-0.05, 0) is 74.4 Å². The minimum atomic E-state index is -3.84. The first kappa shape index (κ1) is 20.9. The van der Waals surface area contributed by atoms with E-state index in [1.54, 1.807) is 30.3 Å². The molecule has 2 aliphatic carbocycles. The van der Waals surface area contributed by atoms with Crippen LogP contribution >= 0.6 is 0 Å². The molecule has 1 amide bonds. The number of rotatable bonds is 5. The molecule has 5 rings (SSSR count). The fraction of sp³-hybridized carbons (Fsp3) is 0.333. The van der Waals surface area contributed by atoms with E-state index in [4.69, 9.17) is 5.73 Å². The molecule has 1 atom stereocenters. The summed E-state index contributed by atoms with van der Waals surface area (Å²) in [6.45, 7) is 1.91. The Morgan fingerprint density at radius 1 is 1.16 bits per heavy atom. The van der Waals surface area contributed by atoms with Crippen LogP contribution in [0, 0.1) is 12.8 Å². The van der Waals surface area contributed by atoms with E-state index in [9.17, 15) is 13.2 Å². The number of fused-ring (bicyclic) bond motifs is 1. The summed E-state index contributed by atoms with van der Waals surface area (Å²) in [5.41, 5.74) is 9.35. The Kier molecular flexibility index (Phi) is 5.14. The van der Waals surface area contributed by atoms with Gasteiger partial charge in [0.2, 0.25) is 5.91 Å². The van der Waals surface area contributed by atoms with Crippen LogP contribution < -0.4 is 11.1 Å². The van der Waals surface area contributed by atoms with Crippen molar-refractivity contribution >= 4 is 38.4 Å². The summed E-state index contributed by atoms with van der Waals surface area (Å²) < 4.78 is 28.0. The van der Waals surface area contributed by atoms with E-state index in [0.29, 0.717) is 11.5 Å². The molecule has 2 heterocycles. The minimum absolute atomic E-state index is 0.0194. The van der Waals surface area contributed by atoms with Crippen molar-refractivity contribution in [3.8, 4) is 0 Å². The van der Waals surface area contributed by atoms with Crippen molar-refractivity contribution in [3.05, 3.63) is 59.8 Å². The van der Waals surface area contributed by atoms with E-state index in [1.165, 1.54) is 10.2 Å². The van der Waals surface area contributed by atoms with Crippen molar-refractivity contribution in [2.45, 2.75) is 50.0 Å². The molecule has 0 aliphatic heterocycles. The standard InChI is InChI=1S/C24H26N4O3S/c1-15-2-10-19(11-3-15)32(30,31)28-13-12-20-21(16-6-8-18(25)9-7-16)14-22(26-23(20)28)27-24(29)17-4-5-17/h2-3,6,10-14,17-18H,4-5,7-9,25H2,1H3,(H,26,27,29). The maximum Gasteiger partial charge on any atom is 0.269 e. The Balaban J connectivity index is 1.66. The number of nitrogens with zero attached hydrogens (tertiary/aromatic N) is 2. The number of aromatic nitrogens is 2. The SMILES string of the molecule is Cc1ccc(S(=O)(=O)n2ccc3c(C4=CCC(N)CC4)cc(NC(=O)C4CC4)nc32)cc1. The summed E-state index contributed by atoms with van der Waals surface area (Å²) in [6, 6.07) is 10.5. The summed E-state index contributed by atoms with van der Waals surface area (Å²) in [6.07, 6.45) is 7.84. The van der Waals surface area contributed by atoms with E-state index in [-0.39, 0.29) is 22.8 Å². The first-order valence-corrected chi connectivity index (χ1v) is 12.4. The van der Waals surface area contributed by atoms with Crippen LogP contribution in [0.3, 0.4) is 0 Å². The van der Waals surface area contributed by atoms with Crippen molar-refractivity contribution in [1.29, 1.82) is 0 Å². The van der Waals surface area contributed by atoms with Crippen molar-refractivity contribution in [1.82, 2.24) is 8.96 Å². The first-order chi connectivity index (χ1) is 15.3. The number of pyridine rings is 1. The van der Waals surface area contributed by atoms with Crippen molar-refractivity contribution < 1.29 is 13.2 Å². The van der Waals surface area contributed by atoms with Gasteiger partial charge in [-0.15, -0.1) is 0 Å². The third-order valence-corrected chi connectivity index (χ3v) is 7.88. The predicted molar refractivity (Wildman–Crippen MR) is 125 cm³/mol. The molecule has 3 aromatic rings. The topological polar surface area (TPSA) is 107 Å². The molecule has 2 aliphatic rings. The maximum atomic E-state index is 13.4. The fourth-order valence-electron chi connectivity index (χ4n) is 4.11. The normalized spacial score (nSPS) is 19.1. The van der Waals surface area contributed by atoms with Gasteiger partial charge in [0, 0.05) is 23.5 Å². The van der Waals surface area contributed by atoms with Gasteiger partial charge in [0.15, 0.2) is 5.65 Å². The van der Waals surface area contributed by atoms with Gasteiger partial charge < -0.3 is 11.1 Å². The maximum absolute atomic E-state index is 13.4. The van der Waals surface area contributed by atoms with Crippen LogP contribution in [-0.2, 0) is 14.8 Å². The summed E-state index contributed by atoms with van der Waals surface area (Å²) in [4.78, 5) is 17.2. The number of hydrogen-bond acceptors (Lipinski definition) is 5. The highest BCUT2D eigenvalue weighted by Gasteiger charge is 2.30. The van der Waals surface area contributed by atoms with Crippen LogP contribution in [0.15, 0.2) is 53.6 Å². The molecule has 166 valence electrons. The van der Waals surface area contributed by atoms with Crippen LogP contribution in [0.5, 0.6) is 0 Å². The molecule has 1 unspecified atom stereocenters. The van der Waals surface area contributed by atoms with Gasteiger partial charge in [0.05, 0.1) is 4.90 Å². The zero-order valence-electron chi connectivity index (χ0n) is 17.9. The summed E-state index contributed by atoms with van der Waals surface area (Å²) in [5.74, 6) is 0.326. The molecule has 1 fully saturated rings. The lowest BCUT2D eigenvalue weighted by molar-refractivity contribution is -0.117. The monoisotopic (exact) mass is 450 g/mol. The highest BCUT2D eigenvalue weighted by molar-refractivity contribution is 7.90. The van der Waals surface area contributed by atoms with Crippen LogP contribution in [0.1, 0.15) is 43.2 Å². The summed E-state index contributed by atoms with van der Waals surface area (Å²) in [5, 5.41) is 3.63. The zero-order valence-corrected chi connectivity index (χ0v) is 18.7. The second-order valence-corrected chi connectivity index (χ2v) is 10.6. The lowest BCUT2D eigenvalue weighted by Gasteiger charge is -2.20. The van der Waals surface area contributed by atoms with Gasteiger partial charge in [0.25, 0.3) is 10.0 Å². The number of amides is 1. The van der Waals surface area contributed by atoms with Crippen LogP contribution in [0.25, 0.3) is 16.6 Å². The Hall–Kier alpha value is -2.97. The zero-order chi connectivity index (χ0) is 22.5. The number of aryl methyl sites for hydroxylation is 1. The third kappa shape index (κ3) is 3.84. The van der Waals surface area contributed by atoms with Crippen molar-refractivity contribution in [2.24, 2.45) is 11.7 Å². The summed E-state index contributed by atoms with van der Waals surface area (Å²) in [7, 11) is -3.84. The van der Waals surface area contributed by atoms with Crippen molar-refractivity contribution in [3.63, 3.8) is 0 Å². The molecular formula is C24H26N4O3S. The molecule has 3 N–H and O–H groups in total. The lowest BCUT2D eigenvalue weighted by atomic mass is 9.90. The largest absolute Gasteiger partial charge is 0.327 e. The van der Waals surface area contributed by atoms with Crippen LogP contribution in [0.2, 0.25) is 0 Å². The van der Waals surface area contributed by atoms with E-state index in [1.807, 2.05) is 13.0 Å². The van der Waals surface area contributed by atoms with Gasteiger partial charge in [0.1, 0.15) is 5.82 Å². The van der Waals surface area contributed by atoms with Gasteiger partial charge in [-0.25, -0.2) is 17.4 Å². The molecule has 32 heavy (non-hydrogen) atoms. The molecule has 0 spiro atoms. The molecule has 1 aromatic carbocycles. The van der Waals surface area contributed by atoms with Gasteiger partial charge in [-0.3, -0.25) is 4.79 Å². The van der Waals surface area contributed by atoms with Gasteiger partial charge in [-0.1, -0.05) is 23.8 Å². The molecule has 8 heteroatoms. The molecule has 7 nitrogen and oxygen atoms in total. The van der Waals surface area contributed by atoms with E-state index in [2.05, 4.69) is 16.4 Å². The average molecular weight is 451 g/mol. The van der Waals surface area contributed by atoms with Gasteiger partial charge >= 0.3 is 0 Å². The van der Waals surface area contributed by atoms with Crippen molar-refractivity contribution in [2.75, 3.05) is 5.32 Å². The number of carbonyl (C=O) groups excluding carboxylic acids is 1. The highest BCUT2D eigenvalue weighted by Crippen LogP contribution is 2.35. The predicted octanol–water partition coefficient (Wildman–Crippen LogP) is 3.82. The van der Waals surface area contributed by atoms with E-state index >= 15 is 0 Å². The average Bonchev–Trinajstić information content (AvgIpc) is 3.53. The second-order valence-electron chi connectivity index (χ2n) is 8.75. The molecule has 0 bridgehead atoms. The quantitative estimate of drug-likeness (QED) is 0.614. The number of nitrogens with one attached hydrogen (secondary N) is 1. The number of benzene rings is 1. The fourth-order valence-corrected chi connectivity index (χ4v) is 5.40. The number of anilines is 1. The number of carbonyl (C=O) groups is 1. The third-order valence-electron chi connectivity index (χ3n) is 6.20. The smallest absolute Gasteiger partial charge is 0.269 e. The molecule has 1 saturated carbocycles. The lowest BCUT2D eigenvalue weighted by Crippen LogP contribution is -2.21. The number of nitrogens with two attached hydrogens (primary N) is 1. The Labute approximate surface area is 187 Å². The Morgan fingerprint density at radius 3 is 2.56 bits per heavy atom. The van der Waals surface area contributed by atoms with Crippen LogP contribution in [0.4, 0.5) is 5.82 Å². The van der Waals surface area contributed by atoms with Crippen LogP contribution in [-0.4, -0.2) is 29.3 Å². The van der Waals surface area contributed by atoms with Gasteiger partial charge in [-0.2, -0.15) is 0 Å². The Bertz CT molecular complexity index is 1340. The number of allylic oxidation sites excluding steroid dienone is 1. The molecule has 0 radical (unpaired) electrons. The summed E-state index contributed by atoms with van der Waals surface area (Å²) >= 11 is 0. The number of hydrogen-bond donors (Lipinski definition) is 2. The first-order valence-electron chi connectivity index (χ1n) is 10.9. The molecular weight excluding hydrogens is 424 g/mol. The molecule has 0 saturated heterocycles. The second kappa shape index (κ2) is 7.86.